The highest BCUT2D eigenvalue weighted by atomic mass is 16.5. The van der Waals surface area contributed by atoms with Gasteiger partial charge in [-0.25, -0.2) is 4.68 Å². The van der Waals surface area contributed by atoms with Crippen molar-refractivity contribution >= 4 is 11.7 Å². The lowest BCUT2D eigenvalue weighted by atomic mass is 9.87. The minimum Gasteiger partial charge on any atom is -0.494 e. The van der Waals surface area contributed by atoms with Gasteiger partial charge in [0, 0.05) is 29.5 Å². The molecule has 1 N–H and O–H groups in total. The topological polar surface area (TPSA) is 81.9 Å². The summed E-state index contributed by atoms with van der Waals surface area (Å²) in [5.41, 5.74) is 3.38. The smallest absolute Gasteiger partial charge is 0.226 e. The molecule has 0 spiro atoms. The summed E-state index contributed by atoms with van der Waals surface area (Å²) in [4.78, 5) is 22.0. The molecule has 7 nitrogen and oxygen atoms in total. The number of anilines is 1. The van der Waals surface area contributed by atoms with Gasteiger partial charge in [0.15, 0.2) is 11.6 Å². The Balaban J connectivity index is 1.59. The van der Waals surface area contributed by atoms with Crippen LogP contribution in [0.25, 0.3) is 11.4 Å². The molecule has 29 heavy (non-hydrogen) atoms. The Morgan fingerprint density at radius 1 is 1.17 bits per heavy atom. The number of carbonyl (C=O) groups excluding carboxylic acids is 1. The van der Waals surface area contributed by atoms with Crippen LogP contribution in [-0.4, -0.2) is 32.1 Å². The van der Waals surface area contributed by atoms with Crippen LogP contribution in [0, 0.1) is 0 Å². The average Bonchev–Trinajstić information content (AvgIpc) is 3.17. The van der Waals surface area contributed by atoms with E-state index in [1.165, 1.54) is 0 Å². The molecule has 146 valence electrons. The summed E-state index contributed by atoms with van der Waals surface area (Å²) in [6.45, 7) is 2.58. The maximum atomic E-state index is 12.8. The van der Waals surface area contributed by atoms with E-state index in [1.54, 1.807) is 10.9 Å². The van der Waals surface area contributed by atoms with Gasteiger partial charge in [0.1, 0.15) is 11.8 Å². The highest BCUT2D eigenvalue weighted by Gasteiger charge is 2.37. The molecule has 1 atom stereocenters. The molecule has 0 amide bonds. The van der Waals surface area contributed by atoms with Crippen LogP contribution in [0.1, 0.15) is 37.9 Å². The van der Waals surface area contributed by atoms with Gasteiger partial charge in [-0.2, -0.15) is 4.98 Å². The van der Waals surface area contributed by atoms with Gasteiger partial charge >= 0.3 is 0 Å². The van der Waals surface area contributed by atoms with Gasteiger partial charge in [-0.15, -0.1) is 5.10 Å². The molecular weight excluding hydrogens is 366 g/mol. The Kier molecular flexibility index (Phi) is 4.35. The Labute approximate surface area is 168 Å². The van der Waals surface area contributed by atoms with Gasteiger partial charge < -0.3 is 10.1 Å². The fraction of sp³-hybridized carbons (Fsp3) is 0.273. The lowest BCUT2D eigenvalue weighted by Crippen LogP contribution is -2.32. The number of benzene rings is 1. The molecule has 1 aromatic carbocycles. The van der Waals surface area contributed by atoms with Crippen molar-refractivity contribution in [3.05, 3.63) is 65.6 Å². The van der Waals surface area contributed by atoms with E-state index in [-0.39, 0.29) is 11.8 Å². The molecule has 3 aromatic rings. The minimum absolute atomic E-state index is 0.151. The molecule has 0 fully saturated rings. The van der Waals surface area contributed by atoms with E-state index in [4.69, 9.17) is 14.8 Å². The van der Waals surface area contributed by atoms with Crippen LogP contribution in [0.5, 0.6) is 5.75 Å². The third-order valence-corrected chi connectivity index (χ3v) is 5.26. The number of hydrogen-bond donors (Lipinski definition) is 1. The molecule has 1 unspecified atom stereocenters. The molecule has 2 aromatic heterocycles. The van der Waals surface area contributed by atoms with Crippen molar-refractivity contribution in [1.82, 2.24) is 19.7 Å². The molecule has 7 heteroatoms. The lowest BCUT2D eigenvalue weighted by Gasteiger charge is -2.31. The number of Topliss-reactive ketones (excluding diaryl/α,β-unsaturated/α-hetero) is 1. The van der Waals surface area contributed by atoms with Crippen molar-refractivity contribution in [2.75, 3.05) is 11.9 Å². The zero-order valence-electron chi connectivity index (χ0n) is 16.1. The van der Waals surface area contributed by atoms with Gasteiger partial charge in [0.25, 0.3) is 0 Å². The quantitative estimate of drug-likeness (QED) is 0.734. The van der Waals surface area contributed by atoms with E-state index in [2.05, 4.69) is 10.3 Å². The first-order valence-electron chi connectivity index (χ1n) is 9.88. The van der Waals surface area contributed by atoms with E-state index < -0.39 is 0 Å². The second-order valence-corrected chi connectivity index (χ2v) is 7.11. The van der Waals surface area contributed by atoms with E-state index in [0.29, 0.717) is 24.8 Å². The van der Waals surface area contributed by atoms with Crippen LogP contribution in [0.4, 0.5) is 5.95 Å². The average molecular weight is 387 g/mol. The first-order valence-corrected chi connectivity index (χ1v) is 9.88. The molecule has 0 saturated heterocycles. The maximum Gasteiger partial charge on any atom is 0.226 e. The molecule has 0 bridgehead atoms. The Hall–Kier alpha value is -3.48. The number of ketones is 1. The van der Waals surface area contributed by atoms with Crippen molar-refractivity contribution in [3.63, 3.8) is 0 Å². The molecule has 1 aliphatic heterocycles. The molecule has 0 saturated carbocycles. The lowest BCUT2D eigenvalue weighted by molar-refractivity contribution is -0.116. The van der Waals surface area contributed by atoms with Crippen LogP contribution < -0.4 is 10.1 Å². The van der Waals surface area contributed by atoms with Gasteiger partial charge in [0.05, 0.1) is 12.3 Å². The summed E-state index contributed by atoms with van der Waals surface area (Å²) in [6.07, 6.45) is 3.98. The van der Waals surface area contributed by atoms with Crippen LogP contribution in [0.2, 0.25) is 0 Å². The second-order valence-electron chi connectivity index (χ2n) is 7.11. The Morgan fingerprint density at radius 2 is 2.03 bits per heavy atom. The van der Waals surface area contributed by atoms with Crippen molar-refractivity contribution in [1.29, 1.82) is 0 Å². The third-order valence-electron chi connectivity index (χ3n) is 5.26. The Bertz CT molecular complexity index is 1090. The van der Waals surface area contributed by atoms with Gasteiger partial charge in [0.2, 0.25) is 5.95 Å². The van der Waals surface area contributed by atoms with E-state index in [9.17, 15) is 4.79 Å². The first-order chi connectivity index (χ1) is 14.2. The predicted molar refractivity (Wildman–Crippen MR) is 109 cm³/mol. The molecule has 3 heterocycles. The first kappa shape index (κ1) is 17.6. The molecule has 1 aliphatic carbocycles. The Morgan fingerprint density at radius 3 is 2.79 bits per heavy atom. The van der Waals surface area contributed by atoms with Crippen LogP contribution >= 0.6 is 0 Å². The van der Waals surface area contributed by atoms with E-state index in [1.807, 2.05) is 49.4 Å². The monoisotopic (exact) mass is 387 g/mol. The van der Waals surface area contributed by atoms with Gasteiger partial charge in [-0.3, -0.25) is 9.78 Å². The maximum absolute atomic E-state index is 12.8. The van der Waals surface area contributed by atoms with Gasteiger partial charge in [-0.05, 0) is 56.2 Å². The predicted octanol–water partition coefficient (Wildman–Crippen LogP) is 3.76. The number of rotatable bonds is 4. The summed E-state index contributed by atoms with van der Waals surface area (Å²) in [5.74, 6) is 2.20. The number of hydrogen-bond acceptors (Lipinski definition) is 6. The summed E-state index contributed by atoms with van der Waals surface area (Å²) in [6, 6.07) is 13.1. The number of allylic oxidation sites excluding steroid dienone is 2. The van der Waals surface area contributed by atoms with Crippen LogP contribution in [-0.2, 0) is 4.79 Å². The summed E-state index contributed by atoms with van der Waals surface area (Å²) in [5, 5.41) is 8.10. The number of fused-ring (bicyclic) bond motifs is 1. The zero-order chi connectivity index (χ0) is 19.8. The van der Waals surface area contributed by atoms with Crippen LogP contribution in [0.15, 0.2) is 59.9 Å². The van der Waals surface area contributed by atoms with E-state index in [0.717, 1.165) is 41.1 Å². The zero-order valence-corrected chi connectivity index (χ0v) is 16.1. The SMILES string of the molecule is CCOc1ccc(-c2nc3n(n2)C(c2ccccn2)C2=C(CCCC2=O)N3)cc1. The van der Waals surface area contributed by atoms with Crippen LogP contribution in [0.3, 0.4) is 0 Å². The second kappa shape index (κ2) is 7.16. The van der Waals surface area contributed by atoms with Gasteiger partial charge in [-0.1, -0.05) is 6.07 Å². The fourth-order valence-corrected chi connectivity index (χ4v) is 3.96. The number of carbonyl (C=O) groups is 1. The molecule has 5 rings (SSSR count). The number of ether oxygens (including phenoxy) is 1. The van der Waals surface area contributed by atoms with Crippen molar-refractivity contribution < 1.29 is 9.53 Å². The normalized spacial score (nSPS) is 18.1. The standard InChI is InChI=1S/C22H21N5O2/c1-2-29-15-11-9-14(10-12-15)21-25-22-24-16-7-5-8-18(28)19(16)20(27(22)26-21)17-6-3-4-13-23-17/h3-4,6,9-13,20H,2,5,7-8H2,1H3,(H,24,25,26). The van der Waals surface area contributed by atoms with Crippen molar-refractivity contribution in [3.8, 4) is 17.1 Å². The fourth-order valence-electron chi connectivity index (χ4n) is 3.96. The number of aromatic nitrogens is 4. The number of nitrogens with zero attached hydrogens (tertiary/aromatic N) is 4. The third kappa shape index (κ3) is 3.08. The number of nitrogens with one attached hydrogen (secondary N) is 1. The highest BCUT2D eigenvalue weighted by molar-refractivity contribution is 5.99. The molecular formula is C22H21N5O2. The molecule has 0 radical (unpaired) electrons. The van der Waals surface area contributed by atoms with Crippen molar-refractivity contribution in [2.24, 2.45) is 0 Å². The largest absolute Gasteiger partial charge is 0.494 e. The summed E-state index contributed by atoms with van der Waals surface area (Å²) in [7, 11) is 0. The van der Waals surface area contributed by atoms with Crippen molar-refractivity contribution in [2.45, 2.75) is 32.2 Å². The highest BCUT2D eigenvalue weighted by Crippen LogP contribution is 2.40. The summed E-state index contributed by atoms with van der Waals surface area (Å²) >= 11 is 0. The molecule has 2 aliphatic rings. The van der Waals surface area contributed by atoms with E-state index >= 15 is 0 Å². The number of pyridine rings is 1. The minimum atomic E-state index is -0.362. The summed E-state index contributed by atoms with van der Waals surface area (Å²) < 4.78 is 7.31.